The zero-order valence-corrected chi connectivity index (χ0v) is 12.8. The van der Waals surface area contributed by atoms with Crippen LogP contribution in [0.1, 0.15) is 36.5 Å². The Hall–Kier alpha value is -1.40. The minimum absolute atomic E-state index is 0.110. The number of aromatic carboxylic acids is 1. The molecule has 5 nitrogen and oxygen atoms in total. The molecular weight excluding hydrogens is 324 g/mol. The van der Waals surface area contributed by atoms with Gasteiger partial charge in [0, 0.05) is 4.47 Å². The number of hydrogen-bond acceptors (Lipinski definition) is 3. The van der Waals surface area contributed by atoms with Crippen LogP contribution in [0.5, 0.6) is 0 Å². The van der Waals surface area contributed by atoms with Gasteiger partial charge in [0.15, 0.2) is 0 Å². The summed E-state index contributed by atoms with van der Waals surface area (Å²) in [6, 6.07) is 4.58. The number of carbonyl (C=O) groups excluding carboxylic acids is 1. The van der Waals surface area contributed by atoms with E-state index in [1.54, 1.807) is 6.07 Å². The normalized spacial score (nSPS) is 21.7. The van der Waals surface area contributed by atoms with Gasteiger partial charge in [-0.05, 0) is 59.9 Å². The third-order valence-corrected chi connectivity index (χ3v) is 4.43. The molecule has 20 heavy (non-hydrogen) atoms. The second-order valence-corrected chi connectivity index (χ2v) is 5.77. The van der Waals surface area contributed by atoms with Gasteiger partial charge in [0.25, 0.3) is 0 Å². The lowest BCUT2D eigenvalue weighted by molar-refractivity contribution is -0.122. The molecule has 1 aromatic rings. The van der Waals surface area contributed by atoms with Gasteiger partial charge >= 0.3 is 5.97 Å². The minimum atomic E-state index is -1.02. The first-order valence-corrected chi connectivity index (χ1v) is 7.37. The fourth-order valence-electron chi connectivity index (χ4n) is 2.46. The zero-order chi connectivity index (χ0) is 14.8. The van der Waals surface area contributed by atoms with Gasteiger partial charge in [-0.3, -0.25) is 4.79 Å². The van der Waals surface area contributed by atoms with Crippen molar-refractivity contribution in [2.24, 2.45) is 0 Å². The van der Waals surface area contributed by atoms with Crippen LogP contribution in [-0.2, 0) is 4.79 Å². The van der Waals surface area contributed by atoms with Crippen molar-refractivity contribution in [3.05, 3.63) is 28.2 Å². The maximum atomic E-state index is 12.5. The van der Waals surface area contributed by atoms with Crippen molar-refractivity contribution in [2.75, 3.05) is 11.9 Å². The van der Waals surface area contributed by atoms with Gasteiger partial charge in [0.2, 0.25) is 5.91 Å². The van der Waals surface area contributed by atoms with Crippen molar-refractivity contribution in [2.45, 2.75) is 31.7 Å². The molecule has 1 aromatic carbocycles. The summed E-state index contributed by atoms with van der Waals surface area (Å²) in [6.45, 7) is 2.80. The number of nitrogens with one attached hydrogen (secondary N) is 2. The first-order chi connectivity index (χ1) is 9.48. The Kier molecular flexibility index (Phi) is 4.45. The molecule has 1 fully saturated rings. The van der Waals surface area contributed by atoms with Crippen LogP contribution in [0.4, 0.5) is 5.69 Å². The molecule has 1 unspecified atom stereocenters. The van der Waals surface area contributed by atoms with Crippen molar-refractivity contribution < 1.29 is 14.7 Å². The van der Waals surface area contributed by atoms with Gasteiger partial charge < -0.3 is 15.7 Å². The Morgan fingerprint density at radius 1 is 1.50 bits per heavy atom. The van der Waals surface area contributed by atoms with Crippen molar-refractivity contribution >= 4 is 33.5 Å². The average Bonchev–Trinajstić information content (AvgIpc) is 2.91. The second-order valence-electron chi connectivity index (χ2n) is 4.92. The van der Waals surface area contributed by atoms with Crippen LogP contribution in [-0.4, -0.2) is 29.1 Å². The topological polar surface area (TPSA) is 78.4 Å². The summed E-state index contributed by atoms with van der Waals surface area (Å²) in [5.74, 6) is -1.13. The van der Waals surface area contributed by atoms with E-state index in [9.17, 15) is 9.59 Å². The molecule has 6 heteroatoms. The number of amides is 1. The zero-order valence-electron chi connectivity index (χ0n) is 11.2. The van der Waals surface area contributed by atoms with Crippen LogP contribution in [0, 0.1) is 0 Å². The highest BCUT2D eigenvalue weighted by Crippen LogP contribution is 2.28. The summed E-state index contributed by atoms with van der Waals surface area (Å²) in [7, 11) is 0. The van der Waals surface area contributed by atoms with E-state index in [0.29, 0.717) is 16.6 Å². The Morgan fingerprint density at radius 2 is 2.25 bits per heavy atom. The van der Waals surface area contributed by atoms with E-state index in [0.717, 1.165) is 19.4 Å². The van der Waals surface area contributed by atoms with E-state index in [1.165, 1.54) is 12.1 Å². The van der Waals surface area contributed by atoms with Gasteiger partial charge in [0.1, 0.15) is 0 Å². The molecule has 1 heterocycles. The van der Waals surface area contributed by atoms with Gasteiger partial charge in [0.05, 0.1) is 16.8 Å². The number of carboxylic acids is 1. The molecule has 1 amide bonds. The van der Waals surface area contributed by atoms with E-state index in [4.69, 9.17) is 5.11 Å². The summed E-state index contributed by atoms with van der Waals surface area (Å²) in [4.78, 5) is 23.4. The van der Waals surface area contributed by atoms with Crippen molar-refractivity contribution in [1.82, 2.24) is 5.32 Å². The standard InChI is InChI=1S/C14H17BrN2O3/c1-2-14(6-3-7-16-14)13(20)17-11-8-9(12(18)19)4-5-10(11)15/h4-5,8,16H,2-3,6-7H2,1H3,(H,17,20)(H,18,19). The third kappa shape index (κ3) is 2.86. The molecule has 2 rings (SSSR count). The fraction of sp³-hybridized carbons (Fsp3) is 0.429. The van der Waals surface area contributed by atoms with Crippen molar-refractivity contribution in [1.29, 1.82) is 0 Å². The molecule has 0 aliphatic carbocycles. The highest BCUT2D eigenvalue weighted by atomic mass is 79.9. The molecule has 0 bridgehead atoms. The summed E-state index contributed by atoms with van der Waals surface area (Å²) >= 11 is 3.33. The van der Waals surface area contributed by atoms with Crippen LogP contribution in [0.2, 0.25) is 0 Å². The first kappa shape index (κ1) is 15.0. The smallest absolute Gasteiger partial charge is 0.335 e. The van der Waals surface area contributed by atoms with E-state index in [1.807, 2.05) is 6.92 Å². The first-order valence-electron chi connectivity index (χ1n) is 6.58. The number of anilines is 1. The quantitative estimate of drug-likeness (QED) is 0.787. The highest BCUT2D eigenvalue weighted by molar-refractivity contribution is 9.10. The van der Waals surface area contributed by atoms with Crippen LogP contribution in [0.15, 0.2) is 22.7 Å². The van der Waals surface area contributed by atoms with Crippen molar-refractivity contribution in [3.8, 4) is 0 Å². The molecule has 0 spiro atoms. The van der Waals surface area contributed by atoms with Crippen LogP contribution in [0.25, 0.3) is 0 Å². The summed E-state index contributed by atoms with van der Waals surface area (Å²) in [6.07, 6.45) is 2.47. The number of hydrogen-bond donors (Lipinski definition) is 3. The fourth-order valence-corrected chi connectivity index (χ4v) is 2.80. The third-order valence-electron chi connectivity index (χ3n) is 3.74. The van der Waals surface area contributed by atoms with Crippen LogP contribution < -0.4 is 10.6 Å². The number of carbonyl (C=O) groups is 2. The van der Waals surface area contributed by atoms with Gasteiger partial charge in [-0.25, -0.2) is 4.79 Å². The molecule has 3 N–H and O–H groups in total. The molecule has 1 aliphatic rings. The monoisotopic (exact) mass is 340 g/mol. The molecular formula is C14H17BrN2O3. The van der Waals surface area contributed by atoms with E-state index in [2.05, 4.69) is 26.6 Å². The molecule has 1 saturated heterocycles. The molecule has 0 aromatic heterocycles. The van der Waals surface area contributed by atoms with Gasteiger partial charge in [-0.1, -0.05) is 6.92 Å². The molecule has 108 valence electrons. The van der Waals surface area contributed by atoms with Crippen LogP contribution >= 0.6 is 15.9 Å². The number of benzene rings is 1. The maximum absolute atomic E-state index is 12.5. The second kappa shape index (κ2) is 5.93. The predicted molar refractivity (Wildman–Crippen MR) is 80.0 cm³/mol. The Balaban J connectivity index is 2.23. The SMILES string of the molecule is CCC1(C(=O)Nc2cc(C(=O)O)ccc2Br)CCCN1. The number of carboxylic acid groups (broad SMARTS) is 1. The number of rotatable bonds is 4. The van der Waals surface area contributed by atoms with Gasteiger partial charge in [-0.15, -0.1) is 0 Å². The largest absolute Gasteiger partial charge is 0.478 e. The average molecular weight is 341 g/mol. The van der Waals surface area contributed by atoms with E-state index < -0.39 is 11.5 Å². The van der Waals surface area contributed by atoms with Crippen molar-refractivity contribution in [3.63, 3.8) is 0 Å². The number of halogens is 1. The molecule has 1 atom stereocenters. The maximum Gasteiger partial charge on any atom is 0.335 e. The predicted octanol–water partition coefficient (Wildman–Crippen LogP) is 2.62. The Morgan fingerprint density at radius 3 is 2.80 bits per heavy atom. The summed E-state index contributed by atoms with van der Waals surface area (Å²) in [5, 5.41) is 15.1. The van der Waals surface area contributed by atoms with Gasteiger partial charge in [-0.2, -0.15) is 0 Å². The summed E-state index contributed by atoms with van der Waals surface area (Å²) < 4.78 is 0.667. The minimum Gasteiger partial charge on any atom is -0.478 e. The Bertz CT molecular complexity index is 539. The molecule has 0 radical (unpaired) electrons. The Labute approximate surface area is 125 Å². The lowest BCUT2D eigenvalue weighted by Crippen LogP contribution is -2.50. The lowest BCUT2D eigenvalue weighted by atomic mass is 9.93. The molecule has 1 aliphatic heterocycles. The highest BCUT2D eigenvalue weighted by Gasteiger charge is 2.39. The lowest BCUT2D eigenvalue weighted by Gasteiger charge is -2.27. The van der Waals surface area contributed by atoms with E-state index >= 15 is 0 Å². The van der Waals surface area contributed by atoms with E-state index in [-0.39, 0.29) is 11.5 Å². The summed E-state index contributed by atoms with van der Waals surface area (Å²) in [5.41, 5.74) is 0.0865. The van der Waals surface area contributed by atoms with Crippen LogP contribution in [0.3, 0.4) is 0 Å². The molecule has 0 saturated carbocycles.